The molecule has 5 rings (SSSR count). The zero-order chi connectivity index (χ0) is 30.7. The van der Waals surface area contributed by atoms with Crippen molar-refractivity contribution >= 4 is 37.3 Å². The van der Waals surface area contributed by atoms with Crippen LogP contribution in [0.4, 0.5) is 10.6 Å². The van der Waals surface area contributed by atoms with Crippen molar-refractivity contribution in [3.05, 3.63) is 67.3 Å². The third-order valence-corrected chi connectivity index (χ3v) is 14.4. The van der Waals surface area contributed by atoms with Crippen molar-refractivity contribution in [1.82, 2.24) is 29.1 Å². The van der Waals surface area contributed by atoms with Gasteiger partial charge >= 0.3 is 6.09 Å². The first-order chi connectivity index (χ1) is 20.6. The van der Waals surface area contributed by atoms with Crippen LogP contribution in [0.5, 0.6) is 0 Å². The topological polar surface area (TPSA) is 135 Å². The Labute approximate surface area is 251 Å². The molecule has 1 aliphatic rings. The lowest BCUT2D eigenvalue weighted by Crippen LogP contribution is -2.50. The Hall–Kier alpha value is -3.94. The first kappa shape index (κ1) is 30.5. The average molecular weight is 606 g/mol. The number of nitrogens with one attached hydrogen (secondary N) is 1. The highest BCUT2D eigenvalue weighted by Gasteiger charge is 2.47. The van der Waals surface area contributed by atoms with Crippen molar-refractivity contribution in [3.63, 3.8) is 0 Å². The summed E-state index contributed by atoms with van der Waals surface area (Å²) in [6.45, 7) is 13.7. The first-order valence-corrected chi connectivity index (χ1v) is 16.8. The van der Waals surface area contributed by atoms with E-state index in [-0.39, 0.29) is 5.91 Å². The van der Waals surface area contributed by atoms with Crippen LogP contribution in [0.2, 0.25) is 16.6 Å². The van der Waals surface area contributed by atoms with Crippen LogP contribution < -0.4 is 5.32 Å². The van der Waals surface area contributed by atoms with Gasteiger partial charge in [0.05, 0.1) is 12.9 Å². The molecule has 0 radical (unpaired) electrons. The van der Waals surface area contributed by atoms with E-state index in [0.29, 0.717) is 52.2 Å². The number of hydrogen-bond donors (Lipinski definition) is 1. The molecule has 0 bridgehead atoms. The molecule has 1 N–H and O–H groups in total. The molecule has 3 aromatic heterocycles. The standard InChI is InChI=1S/C30H39N7O5Si/c1-19(2)43(20(3)4,21(5)6)40-15-24-23(42-30(39)36-13-12-31-17-36)14-25(41-24)37-18-34-26-27(32-16-33-28(26)37)35-29(38)22-10-8-7-9-11-22/h7-13,16-21,23-25H,14-15H2,1-6H3,(H,32,33,35,38)/t23-,24+,25+/m0/s1. The molecule has 1 fully saturated rings. The van der Waals surface area contributed by atoms with Crippen molar-refractivity contribution in [3.8, 4) is 0 Å². The van der Waals surface area contributed by atoms with Crippen molar-refractivity contribution in [1.29, 1.82) is 0 Å². The molecule has 228 valence electrons. The normalized spacial score (nSPS) is 19.0. The number of aromatic nitrogens is 6. The molecule has 0 unspecified atom stereocenters. The Morgan fingerprint density at radius 2 is 1.74 bits per heavy atom. The molecule has 12 nitrogen and oxygen atoms in total. The molecule has 3 atom stereocenters. The van der Waals surface area contributed by atoms with Crippen LogP contribution in [0.15, 0.2) is 61.7 Å². The highest BCUT2D eigenvalue weighted by atomic mass is 28.4. The maximum absolute atomic E-state index is 12.9. The highest BCUT2D eigenvalue weighted by Crippen LogP contribution is 2.43. The van der Waals surface area contributed by atoms with Crippen LogP contribution in [-0.4, -0.2) is 68.2 Å². The molecule has 0 aliphatic carbocycles. The number of benzene rings is 1. The first-order valence-electron chi connectivity index (χ1n) is 14.6. The van der Waals surface area contributed by atoms with Crippen LogP contribution in [0.25, 0.3) is 11.2 Å². The second-order valence-corrected chi connectivity index (χ2v) is 17.2. The number of amides is 1. The Kier molecular flexibility index (Phi) is 9.04. The number of nitrogens with zero attached hydrogens (tertiary/aromatic N) is 6. The van der Waals surface area contributed by atoms with Crippen LogP contribution in [0.1, 0.15) is 64.5 Å². The van der Waals surface area contributed by atoms with E-state index in [1.165, 1.54) is 23.4 Å². The number of carbonyl (C=O) groups is 2. The van der Waals surface area contributed by atoms with Gasteiger partial charge in [0, 0.05) is 24.4 Å². The molecule has 0 spiro atoms. The molecule has 1 saturated heterocycles. The molecule has 4 heterocycles. The molecule has 43 heavy (non-hydrogen) atoms. The summed E-state index contributed by atoms with van der Waals surface area (Å²) in [5.41, 5.74) is 2.57. The predicted molar refractivity (Wildman–Crippen MR) is 163 cm³/mol. The Bertz CT molecular complexity index is 1520. The lowest BCUT2D eigenvalue weighted by molar-refractivity contribution is -0.0438. The van der Waals surface area contributed by atoms with Gasteiger partial charge in [-0.15, -0.1) is 0 Å². The van der Waals surface area contributed by atoms with Crippen LogP contribution in [-0.2, 0) is 13.9 Å². The monoisotopic (exact) mass is 605 g/mol. The second kappa shape index (κ2) is 12.7. The number of anilines is 1. The average Bonchev–Trinajstić information content (AvgIpc) is 3.74. The third kappa shape index (κ3) is 6.10. The fourth-order valence-corrected chi connectivity index (χ4v) is 11.8. The van der Waals surface area contributed by atoms with Crippen LogP contribution in [0.3, 0.4) is 0 Å². The van der Waals surface area contributed by atoms with Crippen molar-refractivity contribution in [2.24, 2.45) is 0 Å². The number of carbonyl (C=O) groups excluding carboxylic acids is 2. The van der Waals surface area contributed by atoms with Gasteiger partial charge in [-0.25, -0.2) is 29.3 Å². The number of rotatable bonds is 10. The van der Waals surface area contributed by atoms with Crippen LogP contribution >= 0.6 is 0 Å². The highest BCUT2D eigenvalue weighted by molar-refractivity contribution is 6.77. The van der Waals surface area contributed by atoms with Gasteiger partial charge in [-0.1, -0.05) is 59.7 Å². The summed E-state index contributed by atoms with van der Waals surface area (Å²) >= 11 is 0. The molecule has 0 saturated carbocycles. The number of ether oxygens (including phenoxy) is 2. The van der Waals surface area contributed by atoms with Gasteiger partial charge in [-0.2, -0.15) is 0 Å². The Balaban J connectivity index is 1.40. The van der Waals surface area contributed by atoms with E-state index in [0.717, 1.165) is 0 Å². The van der Waals surface area contributed by atoms with Crippen molar-refractivity contribution < 1.29 is 23.5 Å². The Morgan fingerprint density at radius 3 is 2.40 bits per heavy atom. The summed E-state index contributed by atoms with van der Waals surface area (Å²) in [6.07, 6.45) is 5.62. The largest absolute Gasteiger partial charge is 0.443 e. The summed E-state index contributed by atoms with van der Waals surface area (Å²) in [6, 6.07) is 8.88. The molecular formula is C30H39N7O5Si. The summed E-state index contributed by atoms with van der Waals surface area (Å²) in [4.78, 5) is 42.9. The number of hydrogen-bond acceptors (Lipinski definition) is 9. The fourth-order valence-electron chi connectivity index (χ4n) is 6.35. The summed E-state index contributed by atoms with van der Waals surface area (Å²) in [5.74, 6) is -0.00998. The van der Waals surface area contributed by atoms with E-state index in [1.807, 2.05) is 6.07 Å². The van der Waals surface area contributed by atoms with E-state index >= 15 is 0 Å². The van der Waals surface area contributed by atoms with Gasteiger partial charge in [0.2, 0.25) is 0 Å². The third-order valence-electron chi connectivity index (χ3n) is 8.29. The minimum Gasteiger partial charge on any atom is -0.443 e. The lowest BCUT2D eigenvalue weighted by Gasteiger charge is -2.42. The molecule has 1 amide bonds. The molecule has 4 aromatic rings. The van der Waals surface area contributed by atoms with Crippen LogP contribution in [0, 0.1) is 0 Å². The van der Waals surface area contributed by atoms with E-state index in [2.05, 4.69) is 66.8 Å². The number of fused-ring (bicyclic) bond motifs is 1. The van der Waals surface area contributed by atoms with E-state index < -0.39 is 32.8 Å². The van der Waals surface area contributed by atoms with E-state index in [4.69, 9.17) is 13.9 Å². The minimum atomic E-state index is -2.22. The van der Waals surface area contributed by atoms with E-state index in [9.17, 15) is 9.59 Å². The zero-order valence-corrected chi connectivity index (χ0v) is 26.4. The summed E-state index contributed by atoms with van der Waals surface area (Å²) in [7, 11) is -2.22. The molecular weight excluding hydrogens is 566 g/mol. The fraction of sp³-hybridized carbons (Fsp3) is 0.467. The summed E-state index contributed by atoms with van der Waals surface area (Å²) < 4.78 is 22.4. The smallest absolute Gasteiger partial charge is 0.419 e. The van der Waals surface area contributed by atoms with Crippen molar-refractivity contribution in [2.45, 2.75) is 83.0 Å². The van der Waals surface area contributed by atoms with Gasteiger partial charge in [0.25, 0.3) is 5.91 Å². The SMILES string of the molecule is CC(C)[Si](OC[C@H]1O[C@@H](n2cnc3c(NC(=O)c4ccccc4)ncnc32)C[C@@H]1OC(=O)n1ccnc1)(C(C)C)C(C)C. The second-order valence-electron chi connectivity index (χ2n) is 11.8. The van der Waals surface area contributed by atoms with Gasteiger partial charge in [-0.3, -0.25) is 9.36 Å². The minimum absolute atomic E-state index is 0.291. The summed E-state index contributed by atoms with van der Waals surface area (Å²) in [5, 5.41) is 2.83. The zero-order valence-electron chi connectivity index (χ0n) is 25.4. The molecule has 1 aromatic carbocycles. The Morgan fingerprint density at radius 1 is 1.02 bits per heavy atom. The van der Waals surface area contributed by atoms with Gasteiger partial charge in [0.15, 0.2) is 25.3 Å². The molecule has 13 heteroatoms. The van der Waals surface area contributed by atoms with E-state index in [1.54, 1.807) is 41.4 Å². The maximum Gasteiger partial charge on any atom is 0.419 e. The number of imidazole rings is 2. The lowest BCUT2D eigenvalue weighted by atomic mass is 10.2. The van der Waals surface area contributed by atoms with Gasteiger partial charge in [0.1, 0.15) is 31.1 Å². The van der Waals surface area contributed by atoms with Gasteiger partial charge in [-0.05, 0) is 28.8 Å². The van der Waals surface area contributed by atoms with Crippen molar-refractivity contribution in [2.75, 3.05) is 11.9 Å². The predicted octanol–water partition coefficient (Wildman–Crippen LogP) is 5.81. The quantitative estimate of drug-likeness (QED) is 0.222. The maximum atomic E-state index is 12.9. The van der Waals surface area contributed by atoms with Gasteiger partial charge < -0.3 is 19.2 Å². The molecule has 1 aliphatic heterocycles.